The lowest BCUT2D eigenvalue weighted by molar-refractivity contribution is -0.119. The van der Waals surface area contributed by atoms with Crippen LogP contribution in [0, 0.1) is 0 Å². The van der Waals surface area contributed by atoms with E-state index >= 15 is 0 Å². The maximum Gasteiger partial charge on any atom is 0.218 e. The Morgan fingerprint density at radius 1 is 1.06 bits per heavy atom. The van der Waals surface area contributed by atoms with E-state index in [1.165, 1.54) is 0 Å². The van der Waals surface area contributed by atoms with Crippen LogP contribution in [0.25, 0.3) is 22.4 Å². The van der Waals surface area contributed by atoms with Crippen molar-refractivity contribution in [2.24, 2.45) is 0 Å². The maximum atomic E-state index is 11.3. The van der Waals surface area contributed by atoms with Crippen LogP contribution >= 0.6 is 34.8 Å². The number of carbonyl (C=O) groups is 1. The van der Waals surface area contributed by atoms with Crippen molar-refractivity contribution in [3.05, 3.63) is 63.4 Å². The van der Waals surface area contributed by atoms with Crippen LogP contribution in [0.3, 0.4) is 0 Å². The third-order valence-corrected chi connectivity index (χ3v) is 7.11. The average Bonchev–Trinajstić information content (AvgIpc) is 2.82. The minimum Gasteiger partial charge on any atom is -0.481 e. The van der Waals surface area contributed by atoms with Crippen LogP contribution in [-0.2, 0) is 11.3 Å². The van der Waals surface area contributed by atoms with Gasteiger partial charge in [-0.05, 0) is 25.0 Å². The molecule has 6 nitrogen and oxygen atoms in total. The largest absolute Gasteiger partial charge is 0.481 e. The number of methoxy groups -OCH3 is 1. The molecular formula is C25H25Cl3N4O2. The summed E-state index contributed by atoms with van der Waals surface area (Å²) in [6, 6.07) is 11.7. The summed E-state index contributed by atoms with van der Waals surface area (Å²) in [5, 5.41) is 4.11. The van der Waals surface area contributed by atoms with Crippen LogP contribution in [0.4, 0.5) is 0 Å². The number of rotatable bonds is 6. The summed E-state index contributed by atoms with van der Waals surface area (Å²) < 4.78 is 5.63. The molecule has 0 unspecified atom stereocenters. The van der Waals surface area contributed by atoms with E-state index in [0.717, 1.165) is 49.2 Å². The van der Waals surface area contributed by atoms with Crippen LogP contribution < -0.4 is 10.1 Å². The molecular weight excluding hydrogens is 495 g/mol. The Labute approximate surface area is 214 Å². The highest BCUT2D eigenvalue weighted by molar-refractivity contribution is 6.43. The topological polar surface area (TPSA) is 67.4 Å². The summed E-state index contributed by atoms with van der Waals surface area (Å²) >= 11 is 19.3. The van der Waals surface area contributed by atoms with Gasteiger partial charge in [0.1, 0.15) is 5.15 Å². The van der Waals surface area contributed by atoms with Gasteiger partial charge < -0.3 is 10.1 Å². The predicted molar refractivity (Wildman–Crippen MR) is 137 cm³/mol. The van der Waals surface area contributed by atoms with Crippen molar-refractivity contribution in [2.75, 3.05) is 20.2 Å². The lowest BCUT2D eigenvalue weighted by Crippen LogP contribution is -2.43. The van der Waals surface area contributed by atoms with Gasteiger partial charge in [-0.25, -0.2) is 9.97 Å². The van der Waals surface area contributed by atoms with E-state index in [4.69, 9.17) is 44.5 Å². The average molecular weight is 520 g/mol. The fourth-order valence-electron chi connectivity index (χ4n) is 4.24. The Bertz CT molecular complexity index is 1200. The number of pyridine rings is 2. The van der Waals surface area contributed by atoms with Gasteiger partial charge in [-0.3, -0.25) is 9.69 Å². The molecule has 1 fully saturated rings. The first-order valence-corrected chi connectivity index (χ1v) is 12.1. The molecule has 0 aliphatic carbocycles. The number of ether oxygens (including phenoxy) is 1. The fraction of sp³-hybridized carbons (Fsp3) is 0.320. The minimum absolute atomic E-state index is 0.0249. The minimum atomic E-state index is 0.0249. The first kappa shape index (κ1) is 24.7. The molecule has 0 radical (unpaired) electrons. The van der Waals surface area contributed by atoms with Crippen molar-refractivity contribution < 1.29 is 9.53 Å². The highest BCUT2D eigenvalue weighted by Crippen LogP contribution is 2.40. The molecule has 0 saturated carbocycles. The lowest BCUT2D eigenvalue weighted by Gasteiger charge is -2.32. The van der Waals surface area contributed by atoms with Crippen molar-refractivity contribution >= 4 is 40.7 Å². The summed E-state index contributed by atoms with van der Waals surface area (Å²) in [6.45, 7) is 4.09. The molecule has 1 saturated heterocycles. The SMILES string of the molecule is COc1nc(-c2cccc(-c3ccnc(Cl)c3Cl)c2Cl)ccc1CN1CCC(NC(C)=O)CC1. The van der Waals surface area contributed by atoms with Crippen LogP contribution in [0.5, 0.6) is 5.88 Å². The second-order valence-corrected chi connectivity index (χ2v) is 9.36. The van der Waals surface area contributed by atoms with Gasteiger partial charge >= 0.3 is 0 Å². The molecule has 0 atom stereocenters. The summed E-state index contributed by atoms with van der Waals surface area (Å²) in [6.07, 6.45) is 3.45. The number of piperidine rings is 1. The Kier molecular flexibility index (Phi) is 7.94. The van der Waals surface area contributed by atoms with Crippen LogP contribution in [0.1, 0.15) is 25.3 Å². The smallest absolute Gasteiger partial charge is 0.218 e. The van der Waals surface area contributed by atoms with Crippen molar-refractivity contribution in [2.45, 2.75) is 32.4 Å². The van der Waals surface area contributed by atoms with Gasteiger partial charge in [-0.2, -0.15) is 0 Å². The zero-order chi connectivity index (χ0) is 24.2. The molecule has 3 aromatic rings. The van der Waals surface area contributed by atoms with Gasteiger partial charge in [0.05, 0.1) is 22.8 Å². The number of aromatic nitrogens is 2. The normalized spacial score (nSPS) is 14.7. The first-order chi connectivity index (χ1) is 16.4. The molecule has 3 heterocycles. The molecule has 0 spiro atoms. The number of hydrogen-bond donors (Lipinski definition) is 1. The van der Waals surface area contributed by atoms with E-state index in [9.17, 15) is 4.79 Å². The molecule has 4 rings (SSSR count). The number of hydrogen-bond acceptors (Lipinski definition) is 5. The highest BCUT2D eigenvalue weighted by Gasteiger charge is 2.22. The van der Waals surface area contributed by atoms with Crippen molar-refractivity contribution in [3.63, 3.8) is 0 Å². The third-order valence-electron chi connectivity index (χ3n) is 5.93. The zero-order valence-corrected chi connectivity index (χ0v) is 21.2. The van der Waals surface area contributed by atoms with Crippen LogP contribution in [-0.4, -0.2) is 47.0 Å². The number of carbonyl (C=O) groups excluding carboxylic acids is 1. The standard InChI is InChI=1S/C25H25Cl3N4O2/c1-15(33)30-17-9-12-32(13-10-17)14-16-6-7-21(31-25(16)34-2)20-5-3-4-18(22(20)26)19-8-11-29-24(28)23(19)27/h3-8,11,17H,9-10,12-14H2,1-2H3,(H,30,33). The molecule has 1 N–H and O–H groups in total. The second kappa shape index (κ2) is 10.9. The number of nitrogens with zero attached hydrogens (tertiary/aromatic N) is 3. The molecule has 0 bridgehead atoms. The Morgan fingerprint density at radius 3 is 2.47 bits per heavy atom. The number of halogens is 3. The maximum absolute atomic E-state index is 11.3. The van der Waals surface area contributed by atoms with Gasteiger partial charge in [-0.1, -0.05) is 59.1 Å². The molecule has 1 aromatic carbocycles. The molecule has 1 aliphatic heterocycles. The number of likely N-dealkylation sites (tertiary alicyclic amines) is 1. The molecule has 9 heteroatoms. The van der Waals surface area contributed by atoms with E-state index in [1.54, 1.807) is 26.3 Å². The van der Waals surface area contributed by atoms with Gasteiger partial charge in [0.2, 0.25) is 11.8 Å². The quantitative estimate of drug-likeness (QED) is 0.412. The summed E-state index contributed by atoms with van der Waals surface area (Å²) in [5.41, 5.74) is 3.93. The molecule has 34 heavy (non-hydrogen) atoms. The Morgan fingerprint density at radius 2 is 1.76 bits per heavy atom. The first-order valence-electron chi connectivity index (χ1n) is 11.0. The van der Waals surface area contributed by atoms with Gasteiger partial charge in [0, 0.05) is 61.1 Å². The summed E-state index contributed by atoms with van der Waals surface area (Å²) in [7, 11) is 1.62. The second-order valence-electron chi connectivity index (χ2n) is 8.25. The monoisotopic (exact) mass is 518 g/mol. The number of benzene rings is 1. The zero-order valence-electron chi connectivity index (χ0n) is 18.9. The highest BCUT2D eigenvalue weighted by atomic mass is 35.5. The lowest BCUT2D eigenvalue weighted by atomic mass is 10.0. The van der Waals surface area contributed by atoms with Gasteiger partial charge in [0.15, 0.2) is 0 Å². The molecule has 178 valence electrons. The summed E-state index contributed by atoms with van der Waals surface area (Å²) in [4.78, 5) is 22.4. The van der Waals surface area contributed by atoms with E-state index in [1.807, 2.05) is 30.3 Å². The van der Waals surface area contributed by atoms with E-state index in [-0.39, 0.29) is 17.1 Å². The molecule has 1 aliphatic rings. The number of nitrogens with one attached hydrogen (secondary N) is 1. The Balaban J connectivity index is 1.57. The van der Waals surface area contributed by atoms with Crippen LogP contribution in [0.15, 0.2) is 42.6 Å². The molecule has 1 amide bonds. The Hall–Kier alpha value is -2.38. The van der Waals surface area contributed by atoms with Gasteiger partial charge in [0.25, 0.3) is 0 Å². The van der Waals surface area contributed by atoms with Crippen LogP contribution in [0.2, 0.25) is 15.2 Å². The fourth-order valence-corrected chi connectivity index (χ4v) is 4.94. The summed E-state index contributed by atoms with van der Waals surface area (Å²) in [5.74, 6) is 0.588. The number of amides is 1. The van der Waals surface area contributed by atoms with Crippen molar-refractivity contribution in [3.8, 4) is 28.3 Å². The van der Waals surface area contributed by atoms with Crippen molar-refractivity contribution in [1.29, 1.82) is 0 Å². The third kappa shape index (κ3) is 5.47. The predicted octanol–water partition coefficient (Wildman–Crippen LogP) is 5.88. The van der Waals surface area contributed by atoms with E-state index < -0.39 is 0 Å². The van der Waals surface area contributed by atoms with Gasteiger partial charge in [-0.15, -0.1) is 0 Å². The van der Waals surface area contributed by atoms with E-state index in [0.29, 0.717) is 27.2 Å². The molecule has 2 aromatic heterocycles. The van der Waals surface area contributed by atoms with E-state index in [2.05, 4.69) is 15.2 Å². The van der Waals surface area contributed by atoms with Crippen molar-refractivity contribution in [1.82, 2.24) is 20.2 Å².